The summed E-state index contributed by atoms with van der Waals surface area (Å²) >= 11 is 3.47. The summed E-state index contributed by atoms with van der Waals surface area (Å²) in [5.74, 6) is 0.792. The highest BCUT2D eigenvalue weighted by Crippen LogP contribution is 2.23. The number of benzene rings is 1. The zero-order valence-electron chi connectivity index (χ0n) is 13.6. The van der Waals surface area contributed by atoms with Gasteiger partial charge in [0.15, 0.2) is 6.54 Å². The van der Waals surface area contributed by atoms with E-state index < -0.39 is 0 Å². The third-order valence-corrected chi connectivity index (χ3v) is 5.31. The molecule has 122 valence electrons. The van der Waals surface area contributed by atoms with Crippen LogP contribution in [0.5, 0.6) is 0 Å². The highest BCUT2D eigenvalue weighted by molar-refractivity contribution is 9.10. The van der Waals surface area contributed by atoms with Crippen LogP contribution in [0, 0.1) is 5.92 Å². The lowest BCUT2D eigenvalue weighted by atomic mass is 9.86. The van der Waals surface area contributed by atoms with Crippen molar-refractivity contribution >= 4 is 21.8 Å². The molecule has 1 amide bonds. The van der Waals surface area contributed by atoms with Gasteiger partial charge in [0.1, 0.15) is 6.04 Å². The zero-order chi connectivity index (χ0) is 15.9. The van der Waals surface area contributed by atoms with Gasteiger partial charge in [-0.15, -0.1) is 0 Å². The molecule has 0 heterocycles. The molecule has 1 saturated carbocycles. The first kappa shape index (κ1) is 17.5. The molecule has 0 unspecified atom stereocenters. The van der Waals surface area contributed by atoms with Gasteiger partial charge in [-0.1, -0.05) is 54.8 Å². The average molecular weight is 368 g/mol. The van der Waals surface area contributed by atoms with Crippen LogP contribution >= 0.6 is 15.9 Å². The minimum absolute atomic E-state index is 0.175. The molecular weight excluding hydrogens is 340 g/mol. The number of nitrogens with one attached hydrogen (secondary N) is 1. The van der Waals surface area contributed by atoms with E-state index in [4.69, 9.17) is 0 Å². The number of halogens is 1. The van der Waals surface area contributed by atoms with Crippen LogP contribution in [0.4, 0.5) is 0 Å². The number of hydrogen-bond donors (Lipinski definition) is 2. The van der Waals surface area contributed by atoms with Crippen molar-refractivity contribution in [2.75, 3.05) is 6.54 Å². The monoisotopic (exact) mass is 367 g/mol. The molecule has 1 aliphatic carbocycles. The van der Waals surface area contributed by atoms with Gasteiger partial charge in [0.2, 0.25) is 0 Å². The number of quaternary nitrogens is 1. The Morgan fingerprint density at radius 1 is 1.32 bits per heavy atom. The van der Waals surface area contributed by atoms with Gasteiger partial charge in [0.05, 0.1) is 0 Å². The molecule has 2 rings (SSSR count). The van der Waals surface area contributed by atoms with Crippen molar-refractivity contribution in [2.45, 2.75) is 58.0 Å². The van der Waals surface area contributed by atoms with Crippen LogP contribution in [-0.2, 0) is 4.79 Å². The molecule has 1 fully saturated rings. The van der Waals surface area contributed by atoms with Gasteiger partial charge in [-0.25, -0.2) is 0 Å². The standard InChI is InChI=1S/C18H27BrN2O/c1-3-16(14-8-10-15(19)11-9-14)20-12-18(22)21-17-7-5-4-6-13(17)2/h8-11,13,16-17,20H,3-7,12H2,1-2H3,(H,21,22)/p+1/t13-,16-,17-/m0/s1. The summed E-state index contributed by atoms with van der Waals surface area (Å²) in [5.41, 5.74) is 1.28. The Labute approximate surface area is 142 Å². The quantitative estimate of drug-likeness (QED) is 0.796. The van der Waals surface area contributed by atoms with E-state index in [1.165, 1.54) is 24.8 Å². The molecule has 1 aliphatic rings. The van der Waals surface area contributed by atoms with Crippen LogP contribution in [-0.4, -0.2) is 18.5 Å². The van der Waals surface area contributed by atoms with Gasteiger partial charge in [0.25, 0.3) is 5.91 Å². The number of hydrogen-bond acceptors (Lipinski definition) is 1. The van der Waals surface area contributed by atoms with Crippen molar-refractivity contribution in [3.8, 4) is 0 Å². The molecule has 0 saturated heterocycles. The molecular formula is C18H28BrN2O+. The fourth-order valence-corrected chi connectivity index (χ4v) is 3.56. The van der Waals surface area contributed by atoms with Crippen molar-refractivity contribution in [1.82, 2.24) is 5.32 Å². The van der Waals surface area contributed by atoms with Crippen molar-refractivity contribution in [1.29, 1.82) is 0 Å². The maximum Gasteiger partial charge on any atom is 0.275 e. The van der Waals surface area contributed by atoms with Gasteiger partial charge in [-0.05, 0) is 30.9 Å². The number of rotatable bonds is 6. The summed E-state index contributed by atoms with van der Waals surface area (Å²) in [6.07, 6.45) is 5.95. The first-order valence-electron chi connectivity index (χ1n) is 8.48. The van der Waals surface area contributed by atoms with E-state index in [1.807, 2.05) is 0 Å². The van der Waals surface area contributed by atoms with Gasteiger partial charge < -0.3 is 10.6 Å². The van der Waals surface area contributed by atoms with E-state index in [-0.39, 0.29) is 5.91 Å². The summed E-state index contributed by atoms with van der Waals surface area (Å²) in [5, 5.41) is 5.39. The van der Waals surface area contributed by atoms with E-state index in [1.54, 1.807) is 0 Å². The summed E-state index contributed by atoms with van der Waals surface area (Å²) < 4.78 is 1.09. The Morgan fingerprint density at radius 2 is 2.00 bits per heavy atom. The molecule has 0 bridgehead atoms. The van der Waals surface area contributed by atoms with Gasteiger partial charge >= 0.3 is 0 Å². The Bertz CT molecular complexity index is 474. The molecule has 22 heavy (non-hydrogen) atoms. The van der Waals surface area contributed by atoms with Crippen molar-refractivity contribution < 1.29 is 10.1 Å². The second-order valence-electron chi connectivity index (χ2n) is 6.44. The normalized spacial score (nSPS) is 23.0. The van der Waals surface area contributed by atoms with Gasteiger partial charge in [0, 0.05) is 22.5 Å². The van der Waals surface area contributed by atoms with Crippen LogP contribution < -0.4 is 10.6 Å². The fourth-order valence-electron chi connectivity index (χ4n) is 3.29. The molecule has 4 heteroatoms. The molecule has 1 aromatic rings. The summed E-state index contributed by atoms with van der Waals surface area (Å²) in [7, 11) is 0. The highest BCUT2D eigenvalue weighted by atomic mass is 79.9. The average Bonchev–Trinajstić information content (AvgIpc) is 2.52. The van der Waals surface area contributed by atoms with Crippen molar-refractivity contribution in [3.05, 3.63) is 34.3 Å². The lowest BCUT2D eigenvalue weighted by molar-refractivity contribution is -0.686. The lowest BCUT2D eigenvalue weighted by Crippen LogP contribution is -2.87. The van der Waals surface area contributed by atoms with E-state index in [2.05, 4.69) is 64.7 Å². The molecule has 0 spiro atoms. The topological polar surface area (TPSA) is 45.7 Å². The summed E-state index contributed by atoms with van der Waals surface area (Å²) in [6, 6.07) is 9.13. The maximum atomic E-state index is 12.2. The molecule has 0 aromatic heterocycles. The maximum absolute atomic E-state index is 12.2. The molecule has 3 nitrogen and oxygen atoms in total. The summed E-state index contributed by atoms with van der Waals surface area (Å²) in [4.78, 5) is 12.2. The Balaban J connectivity index is 1.82. The molecule has 0 aliphatic heterocycles. The molecule has 0 radical (unpaired) electrons. The van der Waals surface area contributed by atoms with Crippen LogP contribution in [0.2, 0.25) is 0 Å². The molecule has 3 atom stereocenters. The van der Waals surface area contributed by atoms with E-state index in [0.717, 1.165) is 17.3 Å². The zero-order valence-corrected chi connectivity index (χ0v) is 15.2. The SMILES string of the molecule is CC[C@H]([NH2+]CC(=O)N[C@H]1CCCC[C@@H]1C)c1ccc(Br)cc1. The lowest BCUT2D eigenvalue weighted by Gasteiger charge is -2.29. The third-order valence-electron chi connectivity index (χ3n) is 4.78. The van der Waals surface area contributed by atoms with E-state index in [0.29, 0.717) is 24.5 Å². The third kappa shape index (κ3) is 5.10. The van der Waals surface area contributed by atoms with Gasteiger partial charge in [-0.3, -0.25) is 4.79 Å². The predicted octanol–water partition coefficient (Wildman–Crippen LogP) is 3.16. The van der Waals surface area contributed by atoms with Crippen molar-refractivity contribution in [3.63, 3.8) is 0 Å². The van der Waals surface area contributed by atoms with Crippen LogP contribution in [0.15, 0.2) is 28.7 Å². The number of nitrogens with two attached hydrogens (primary N) is 1. The smallest absolute Gasteiger partial charge is 0.275 e. The minimum atomic E-state index is 0.175. The van der Waals surface area contributed by atoms with Crippen LogP contribution in [0.25, 0.3) is 0 Å². The minimum Gasteiger partial charge on any atom is -0.348 e. The van der Waals surface area contributed by atoms with Gasteiger partial charge in [-0.2, -0.15) is 0 Å². The van der Waals surface area contributed by atoms with E-state index >= 15 is 0 Å². The number of carbonyl (C=O) groups is 1. The van der Waals surface area contributed by atoms with Crippen molar-refractivity contribution in [2.24, 2.45) is 5.92 Å². The predicted molar refractivity (Wildman–Crippen MR) is 93.5 cm³/mol. The Morgan fingerprint density at radius 3 is 2.64 bits per heavy atom. The first-order valence-corrected chi connectivity index (χ1v) is 9.27. The van der Waals surface area contributed by atoms with Crippen LogP contribution in [0.3, 0.4) is 0 Å². The molecule has 1 aromatic carbocycles. The second-order valence-corrected chi connectivity index (χ2v) is 7.36. The highest BCUT2D eigenvalue weighted by Gasteiger charge is 2.23. The Kier molecular flexibility index (Phi) is 6.90. The second kappa shape index (κ2) is 8.68. The van der Waals surface area contributed by atoms with E-state index in [9.17, 15) is 4.79 Å². The van der Waals surface area contributed by atoms with Crippen LogP contribution in [0.1, 0.15) is 57.6 Å². The Hall–Kier alpha value is -0.870. The first-order chi connectivity index (χ1) is 10.6. The number of carbonyl (C=O) groups excluding carboxylic acids is 1. The fraction of sp³-hybridized carbons (Fsp3) is 0.611. The molecule has 3 N–H and O–H groups in total. The number of amides is 1. The summed E-state index contributed by atoms with van der Waals surface area (Å²) in [6.45, 7) is 4.94. The largest absolute Gasteiger partial charge is 0.348 e.